The average Bonchev–Trinajstić information content (AvgIpc) is 3.32. The summed E-state index contributed by atoms with van der Waals surface area (Å²) in [6.07, 6.45) is 2.58. The second-order valence-corrected chi connectivity index (χ2v) is 5.63. The maximum Gasteiger partial charge on any atom is 0.139 e. The van der Waals surface area contributed by atoms with Crippen LogP contribution in [0.5, 0.6) is 5.75 Å². The van der Waals surface area contributed by atoms with Crippen LogP contribution in [0, 0.1) is 5.92 Å². The van der Waals surface area contributed by atoms with Gasteiger partial charge in [0, 0.05) is 11.8 Å². The molecule has 0 amide bonds. The maximum absolute atomic E-state index is 6.07. The summed E-state index contributed by atoms with van der Waals surface area (Å²) in [5, 5.41) is 4.26. The number of halogens is 1. The van der Waals surface area contributed by atoms with E-state index in [0.717, 1.165) is 11.6 Å². The molecular formula is C17H18ClNO. The third-order valence-electron chi connectivity index (χ3n) is 3.73. The number of hydrogen-bond donors (Lipinski definition) is 1. The molecule has 3 rings (SSSR count). The molecule has 0 saturated heterocycles. The molecule has 2 aromatic carbocycles. The molecule has 1 fully saturated rings. The Kier molecular flexibility index (Phi) is 3.83. The Morgan fingerprint density at radius 2 is 1.90 bits per heavy atom. The minimum atomic E-state index is 0.363. The number of hydrogen-bond acceptors (Lipinski definition) is 2. The topological polar surface area (TPSA) is 21.3 Å². The summed E-state index contributed by atoms with van der Waals surface area (Å²) in [6, 6.07) is 16.8. The third kappa shape index (κ3) is 2.91. The van der Waals surface area contributed by atoms with Gasteiger partial charge >= 0.3 is 0 Å². The fourth-order valence-corrected chi connectivity index (χ4v) is 2.69. The van der Waals surface area contributed by atoms with Crippen molar-refractivity contribution in [2.24, 2.45) is 5.92 Å². The monoisotopic (exact) mass is 287 g/mol. The zero-order valence-electron chi connectivity index (χ0n) is 11.5. The van der Waals surface area contributed by atoms with Crippen molar-refractivity contribution < 1.29 is 4.74 Å². The molecule has 104 valence electrons. The van der Waals surface area contributed by atoms with E-state index in [0.29, 0.717) is 16.8 Å². The van der Waals surface area contributed by atoms with E-state index >= 15 is 0 Å². The zero-order valence-corrected chi connectivity index (χ0v) is 12.2. The number of methoxy groups -OCH3 is 1. The molecule has 0 aromatic heterocycles. The van der Waals surface area contributed by atoms with E-state index in [-0.39, 0.29) is 0 Å². The first kappa shape index (κ1) is 13.3. The normalized spacial score (nSPS) is 15.7. The molecule has 0 radical (unpaired) electrons. The van der Waals surface area contributed by atoms with Gasteiger partial charge in [0.1, 0.15) is 5.75 Å². The molecule has 20 heavy (non-hydrogen) atoms. The Morgan fingerprint density at radius 1 is 1.15 bits per heavy atom. The Morgan fingerprint density at radius 3 is 2.55 bits per heavy atom. The number of ether oxygens (including phenoxy) is 1. The van der Waals surface area contributed by atoms with Crippen LogP contribution in [0.25, 0.3) is 0 Å². The lowest BCUT2D eigenvalue weighted by Gasteiger charge is -2.20. The number of anilines is 1. The molecule has 1 atom stereocenters. The van der Waals surface area contributed by atoms with Gasteiger partial charge in [-0.05, 0) is 36.5 Å². The van der Waals surface area contributed by atoms with Gasteiger partial charge in [-0.25, -0.2) is 0 Å². The summed E-state index contributed by atoms with van der Waals surface area (Å²) in [5.41, 5.74) is 2.39. The summed E-state index contributed by atoms with van der Waals surface area (Å²) in [6.45, 7) is 0. The van der Waals surface area contributed by atoms with Crippen molar-refractivity contribution in [3.8, 4) is 5.75 Å². The van der Waals surface area contributed by atoms with E-state index in [1.54, 1.807) is 7.11 Å². The van der Waals surface area contributed by atoms with Crippen molar-refractivity contribution in [3.05, 3.63) is 59.1 Å². The number of rotatable bonds is 5. The van der Waals surface area contributed by atoms with Crippen LogP contribution < -0.4 is 10.1 Å². The second-order valence-electron chi connectivity index (χ2n) is 5.22. The van der Waals surface area contributed by atoms with E-state index in [1.165, 1.54) is 18.4 Å². The molecule has 2 nitrogen and oxygen atoms in total. The van der Waals surface area contributed by atoms with Crippen molar-refractivity contribution >= 4 is 17.3 Å². The van der Waals surface area contributed by atoms with E-state index in [2.05, 4.69) is 35.6 Å². The minimum Gasteiger partial charge on any atom is -0.495 e. The lowest BCUT2D eigenvalue weighted by atomic mass is 10.0. The largest absolute Gasteiger partial charge is 0.495 e. The summed E-state index contributed by atoms with van der Waals surface area (Å²) in [5.74, 6) is 1.43. The van der Waals surface area contributed by atoms with Gasteiger partial charge < -0.3 is 10.1 Å². The zero-order chi connectivity index (χ0) is 13.9. The van der Waals surface area contributed by atoms with Crippen LogP contribution in [0.4, 0.5) is 5.69 Å². The lowest BCUT2D eigenvalue weighted by Crippen LogP contribution is -2.12. The Balaban J connectivity index is 1.84. The fourth-order valence-electron chi connectivity index (χ4n) is 2.49. The van der Waals surface area contributed by atoms with Crippen molar-refractivity contribution in [2.45, 2.75) is 18.9 Å². The van der Waals surface area contributed by atoms with E-state index in [1.807, 2.05) is 18.2 Å². The Bertz CT molecular complexity index is 581. The molecule has 1 aliphatic carbocycles. The van der Waals surface area contributed by atoms with Crippen LogP contribution in [-0.2, 0) is 0 Å². The van der Waals surface area contributed by atoms with E-state index in [9.17, 15) is 0 Å². The first-order valence-electron chi connectivity index (χ1n) is 6.93. The quantitative estimate of drug-likeness (QED) is 0.843. The average molecular weight is 288 g/mol. The van der Waals surface area contributed by atoms with Gasteiger partial charge in [0.05, 0.1) is 18.2 Å². The Hall–Kier alpha value is -1.67. The fraction of sp³-hybridized carbons (Fsp3) is 0.294. The summed E-state index contributed by atoms with van der Waals surface area (Å²) in [7, 11) is 1.64. The molecule has 0 aliphatic heterocycles. The standard InChI is InChI=1S/C17H18ClNO/c1-20-16-11-14(9-10-15(16)18)19-17(13-7-8-13)12-5-3-2-4-6-12/h2-6,9-11,13,17,19H,7-8H2,1H3. The van der Waals surface area contributed by atoms with Crippen LogP contribution in [-0.4, -0.2) is 7.11 Å². The van der Waals surface area contributed by atoms with E-state index in [4.69, 9.17) is 16.3 Å². The molecule has 3 heteroatoms. The molecule has 2 aromatic rings. The highest BCUT2D eigenvalue weighted by Gasteiger charge is 2.32. The highest BCUT2D eigenvalue weighted by Crippen LogP contribution is 2.43. The highest BCUT2D eigenvalue weighted by atomic mass is 35.5. The van der Waals surface area contributed by atoms with Crippen molar-refractivity contribution in [2.75, 3.05) is 12.4 Å². The molecule has 1 unspecified atom stereocenters. The number of benzene rings is 2. The predicted octanol–water partition coefficient (Wildman–Crippen LogP) is 4.91. The van der Waals surface area contributed by atoms with Crippen LogP contribution in [0.2, 0.25) is 5.02 Å². The van der Waals surface area contributed by atoms with Crippen LogP contribution in [0.15, 0.2) is 48.5 Å². The molecular weight excluding hydrogens is 270 g/mol. The lowest BCUT2D eigenvalue weighted by molar-refractivity contribution is 0.415. The number of nitrogens with one attached hydrogen (secondary N) is 1. The van der Waals surface area contributed by atoms with Gasteiger partial charge in [-0.15, -0.1) is 0 Å². The molecule has 1 aliphatic rings. The van der Waals surface area contributed by atoms with Crippen molar-refractivity contribution in [3.63, 3.8) is 0 Å². The van der Waals surface area contributed by atoms with E-state index < -0.39 is 0 Å². The van der Waals surface area contributed by atoms with Crippen molar-refractivity contribution in [1.29, 1.82) is 0 Å². The van der Waals surface area contributed by atoms with Gasteiger partial charge in [-0.1, -0.05) is 41.9 Å². The first-order chi connectivity index (χ1) is 9.78. The summed E-state index contributed by atoms with van der Waals surface area (Å²) in [4.78, 5) is 0. The molecule has 0 heterocycles. The summed E-state index contributed by atoms with van der Waals surface area (Å²) < 4.78 is 5.28. The van der Waals surface area contributed by atoms with Gasteiger partial charge in [-0.3, -0.25) is 0 Å². The Labute approximate surface area is 124 Å². The highest BCUT2D eigenvalue weighted by molar-refractivity contribution is 6.32. The van der Waals surface area contributed by atoms with Gasteiger partial charge in [0.25, 0.3) is 0 Å². The first-order valence-corrected chi connectivity index (χ1v) is 7.31. The van der Waals surface area contributed by atoms with Crippen LogP contribution in [0.1, 0.15) is 24.4 Å². The molecule has 0 bridgehead atoms. The molecule has 1 N–H and O–H groups in total. The summed E-state index contributed by atoms with van der Waals surface area (Å²) >= 11 is 6.07. The van der Waals surface area contributed by atoms with Gasteiger partial charge in [0.2, 0.25) is 0 Å². The van der Waals surface area contributed by atoms with Crippen molar-refractivity contribution in [1.82, 2.24) is 0 Å². The van der Waals surface area contributed by atoms with Gasteiger partial charge in [-0.2, -0.15) is 0 Å². The smallest absolute Gasteiger partial charge is 0.139 e. The second kappa shape index (κ2) is 5.76. The minimum absolute atomic E-state index is 0.363. The predicted molar refractivity (Wildman–Crippen MR) is 83.5 cm³/mol. The molecule has 0 spiro atoms. The third-order valence-corrected chi connectivity index (χ3v) is 4.04. The molecule has 1 saturated carbocycles. The van der Waals surface area contributed by atoms with Crippen LogP contribution in [0.3, 0.4) is 0 Å². The SMILES string of the molecule is COc1cc(NC(c2ccccc2)C2CC2)ccc1Cl. The van der Waals surface area contributed by atoms with Gasteiger partial charge in [0.15, 0.2) is 0 Å². The van der Waals surface area contributed by atoms with Crippen LogP contribution >= 0.6 is 11.6 Å². The maximum atomic E-state index is 6.07.